The molecule has 8 heteroatoms. The molecule has 1 N–H and O–H groups in total. The van der Waals surface area contributed by atoms with E-state index < -0.39 is 0 Å². The van der Waals surface area contributed by atoms with Gasteiger partial charge >= 0.3 is 0 Å². The highest BCUT2D eigenvalue weighted by Gasteiger charge is 2.27. The molecular weight excluding hydrogens is 360 g/mol. The highest BCUT2D eigenvalue weighted by molar-refractivity contribution is 7.13. The summed E-state index contributed by atoms with van der Waals surface area (Å²) in [6.07, 6.45) is 9.64. The number of amides is 1. The van der Waals surface area contributed by atoms with E-state index in [-0.39, 0.29) is 5.91 Å². The number of nitrogens with one attached hydrogen (secondary N) is 1. The van der Waals surface area contributed by atoms with E-state index in [1.807, 2.05) is 37.0 Å². The maximum absolute atomic E-state index is 12.9. The number of rotatable bonds is 4. The highest BCUT2D eigenvalue weighted by atomic mass is 32.1. The van der Waals surface area contributed by atoms with Crippen molar-refractivity contribution in [3.8, 4) is 11.1 Å². The zero-order chi connectivity index (χ0) is 18.4. The van der Waals surface area contributed by atoms with Gasteiger partial charge in [-0.2, -0.15) is 0 Å². The first-order valence-corrected chi connectivity index (χ1v) is 9.58. The summed E-state index contributed by atoms with van der Waals surface area (Å²) < 4.78 is 1.78. The van der Waals surface area contributed by atoms with E-state index in [1.165, 1.54) is 29.7 Å². The van der Waals surface area contributed by atoms with Crippen LogP contribution in [0, 0.1) is 6.92 Å². The number of anilines is 1. The lowest BCUT2D eigenvalue weighted by Crippen LogP contribution is -2.13. The Balaban J connectivity index is 1.60. The standard InChI is InChI=1S/C19H16N6OS/c1-11-9-27-19(22-11)23-18(26)15-6-13(8-25-10-21-24-17(15)25)16-7-20-5-4-14(16)12-2-3-12/h4-10,12H,2-3H2,1H3,(H,22,23,26). The lowest BCUT2D eigenvalue weighted by molar-refractivity contribution is 0.102. The number of pyridine rings is 2. The number of aryl methyl sites for hydroxylation is 1. The second-order valence-electron chi connectivity index (χ2n) is 6.69. The summed E-state index contributed by atoms with van der Waals surface area (Å²) in [6.45, 7) is 1.89. The molecule has 0 saturated heterocycles. The van der Waals surface area contributed by atoms with Crippen LogP contribution in [0.1, 0.15) is 40.4 Å². The Bertz CT molecular complexity index is 1160. The molecule has 4 heterocycles. The molecule has 27 heavy (non-hydrogen) atoms. The fraction of sp³-hybridized carbons (Fsp3) is 0.211. The topological polar surface area (TPSA) is 85.1 Å². The van der Waals surface area contributed by atoms with Gasteiger partial charge in [-0.25, -0.2) is 4.98 Å². The minimum absolute atomic E-state index is 0.249. The molecule has 0 radical (unpaired) electrons. The van der Waals surface area contributed by atoms with Crippen LogP contribution in [0.3, 0.4) is 0 Å². The van der Waals surface area contributed by atoms with Crippen LogP contribution in [-0.4, -0.2) is 30.5 Å². The first kappa shape index (κ1) is 16.1. The number of fused-ring (bicyclic) bond motifs is 1. The third kappa shape index (κ3) is 2.97. The van der Waals surface area contributed by atoms with Crippen molar-refractivity contribution in [2.45, 2.75) is 25.7 Å². The predicted octanol–water partition coefficient (Wildman–Crippen LogP) is 3.69. The monoisotopic (exact) mass is 376 g/mol. The molecule has 1 saturated carbocycles. The van der Waals surface area contributed by atoms with Crippen LogP contribution in [-0.2, 0) is 0 Å². The van der Waals surface area contributed by atoms with Crippen molar-refractivity contribution >= 4 is 28.0 Å². The van der Waals surface area contributed by atoms with Gasteiger partial charge in [-0.15, -0.1) is 21.5 Å². The Morgan fingerprint density at radius 2 is 2.26 bits per heavy atom. The summed E-state index contributed by atoms with van der Waals surface area (Å²) in [5, 5.41) is 13.4. The molecule has 1 amide bonds. The Morgan fingerprint density at radius 1 is 1.37 bits per heavy atom. The largest absolute Gasteiger partial charge is 0.298 e. The lowest BCUT2D eigenvalue weighted by Gasteiger charge is -2.11. The van der Waals surface area contributed by atoms with Crippen molar-refractivity contribution in [1.29, 1.82) is 0 Å². The maximum atomic E-state index is 12.9. The fourth-order valence-corrected chi connectivity index (χ4v) is 3.91. The molecule has 1 fully saturated rings. The van der Waals surface area contributed by atoms with Crippen LogP contribution >= 0.6 is 11.3 Å². The summed E-state index contributed by atoms with van der Waals surface area (Å²) in [5.74, 6) is 0.330. The number of carbonyl (C=O) groups is 1. The molecule has 0 unspecified atom stereocenters. The number of nitrogens with zero attached hydrogens (tertiary/aromatic N) is 5. The molecule has 0 spiro atoms. The molecule has 134 valence electrons. The normalized spacial score (nSPS) is 13.8. The Labute approximate surface area is 159 Å². The van der Waals surface area contributed by atoms with Gasteiger partial charge < -0.3 is 0 Å². The van der Waals surface area contributed by atoms with Crippen molar-refractivity contribution in [3.63, 3.8) is 0 Å². The second kappa shape index (κ2) is 6.24. The first-order valence-electron chi connectivity index (χ1n) is 8.70. The van der Waals surface area contributed by atoms with Crippen LogP contribution in [0.15, 0.2) is 42.4 Å². The number of thiazole rings is 1. The summed E-state index contributed by atoms with van der Waals surface area (Å²) in [7, 11) is 0. The first-order chi connectivity index (χ1) is 13.2. The molecule has 1 aliphatic rings. The van der Waals surface area contributed by atoms with Gasteiger partial charge in [-0.1, -0.05) is 0 Å². The van der Waals surface area contributed by atoms with Gasteiger partial charge in [0.15, 0.2) is 10.8 Å². The van der Waals surface area contributed by atoms with E-state index in [1.54, 1.807) is 10.7 Å². The quantitative estimate of drug-likeness (QED) is 0.587. The van der Waals surface area contributed by atoms with E-state index >= 15 is 0 Å². The summed E-state index contributed by atoms with van der Waals surface area (Å²) in [5.41, 5.74) is 5.11. The molecule has 0 aliphatic heterocycles. The molecule has 0 aromatic carbocycles. The Kier molecular flexibility index (Phi) is 3.71. The number of aromatic nitrogens is 5. The van der Waals surface area contributed by atoms with E-state index in [2.05, 4.69) is 31.5 Å². The zero-order valence-corrected chi connectivity index (χ0v) is 15.4. The molecule has 0 bridgehead atoms. The van der Waals surface area contributed by atoms with E-state index in [0.717, 1.165) is 16.8 Å². The van der Waals surface area contributed by atoms with Crippen LogP contribution < -0.4 is 5.32 Å². The van der Waals surface area contributed by atoms with Crippen LogP contribution in [0.5, 0.6) is 0 Å². The number of hydrogen-bond donors (Lipinski definition) is 1. The van der Waals surface area contributed by atoms with E-state index in [4.69, 9.17) is 0 Å². The smallest absolute Gasteiger partial charge is 0.261 e. The SMILES string of the molecule is Cc1csc(NC(=O)c2cc(-c3cnccc3C3CC3)cn3cnnc23)n1. The number of carbonyl (C=O) groups excluding carboxylic acids is 1. The molecule has 7 nitrogen and oxygen atoms in total. The average Bonchev–Trinajstić information content (AvgIpc) is 3.28. The van der Waals surface area contributed by atoms with Gasteiger partial charge in [0.25, 0.3) is 5.91 Å². The third-order valence-electron chi connectivity index (χ3n) is 4.66. The summed E-state index contributed by atoms with van der Waals surface area (Å²) >= 11 is 1.40. The van der Waals surface area contributed by atoms with Crippen molar-refractivity contribution < 1.29 is 4.79 Å². The number of hydrogen-bond acceptors (Lipinski definition) is 6. The predicted molar refractivity (Wildman–Crippen MR) is 103 cm³/mol. The van der Waals surface area contributed by atoms with E-state index in [9.17, 15) is 4.79 Å². The average molecular weight is 376 g/mol. The highest BCUT2D eigenvalue weighted by Crippen LogP contribution is 2.44. The van der Waals surface area contributed by atoms with Crippen molar-refractivity contribution in [2.75, 3.05) is 5.32 Å². The zero-order valence-electron chi connectivity index (χ0n) is 14.6. The van der Waals surface area contributed by atoms with Gasteiger partial charge in [0, 0.05) is 35.1 Å². The molecule has 0 atom stereocenters. The minimum atomic E-state index is -0.249. The van der Waals surface area contributed by atoms with Gasteiger partial charge in [0.05, 0.1) is 11.3 Å². The minimum Gasteiger partial charge on any atom is -0.298 e. The molecule has 4 aromatic rings. The van der Waals surface area contributed by atoms with Gasteiger partial charge in [0.2, 0.25) is 0 Å². The van der Waals surface area contributed by atoms with Gasteiger partial charge in [-0.3, -0.25) is 19.5 Å². The van der Waals surface area contributed by atoms with Crippen molar-refractivity contribution in [3.05, 3.63) is 59.3 Å². The molecule has 1 aliphatic carbocycles. The van der Waals surface area contributed by atoms with Crippen LogP contribution in [0.25, 0.3) is 16.8 Å². The Hall–Kier alpha value is -3.13. The van der Waals surface area contributed by atoms with Gasteiger partial charge in [-0.05, 0) is 43.4 Å². The van der Waals surface area contributed by atoms with Crippen LogP contribution in [0.4, 0.5) is 5.13 Å². The summed E-state index contributed by atoms with van der Waals surface area (Å²) in [6, 6.07) is 3.93. The molecular formula is C19H16N6OS. The van der Waals surface area contributed by atoms with E-state index in [0.29, 0.717) is 22.3 Å². The summed E-state index contributed by atoms with van der Waals surface area (Å²) in [4.78, 5) is 21.5. The molecule has 5 rings (SSSR count). The maximum Gasteiger partial charge on any atom is 0.261 e. The fourth-order valence-electron chi connectivity index (χ4n) is 3.22. The Morgan fingerprint density at radius 3 is 3.04 bits per heavy atom. The third-order valence-corrected chi connectivity index (χ3v) is 5.53. The molecule has 4 aromatic heterocycles. The van der Waals surface area contributed by atoms with Gasteiger partial charge in [0.1, 0.15) is 6.33 Å². The second-order valence-corrected chi connectivity index (χ2v) is 7.55. The lowest BCUT2D eigenvalue weighted by atomic mass is 9.99. The van der Waals surface area contributed by atoms with Crippen molar-refractivity contribution in [2.24, 2.45) is 0 Å². The van der Waals surface area contributed by atoms with Crippen LogP contribution in [0.2, 0.25) is 0 Å². The van der Waals surface area contributed by atoms with Crippen molar-refractivity contribution in [1.82, 2.24) is 24.6 Å².